The Morgan fingerprint density at radius 2 is 1.90 bits per heavy atom. The number of benzene rings is 1. The number of hydrogen-bond acceptors (Lipinski definition) is 4. The number of nitrogens with zero attached hydrogens (tertiary/aromatic N) is 2. The summed E-state index contributed by atoms with van der Waals surface area (Å²) in [5.74, 6) is 0. The highest BCUT2D eigenvalue weighted by molar-refractivity contribution is 9.10. The van der Waals surface area contributed by atoms with Gasteiger partial charge in [-0.3, -0.25) is 4.90 Å². The Morgan fingerprint density at radius 1 is 1.29 bits per heavy atom. The van der Waals surface area contributed by atoms with E-state index in [-0.39, 0.29) is 6.04 Å². The van der Waals surface area contributed by atoms with Gasteiger partial charge in [-0.25, -0.2) is 8.42 Å². The minimum atomic E-state index is -3.09. The van der Waals surface area contributed by atoms with Gasteiger partial charge in [-0.2, -0.15) is 4.31 Å². The summed E-state index contributed by atoms with van der Waals surface area (Å²) in [6.07, 6.45) is 1.27. The molecule has 1 unspecified atom stereocenters. The van der Waals surface area contributed by atoms with E-state index in [4.69, 9.17) is 5.73 Å². The summed E-state index contributed by atoms with van der Waals surface area (Å²) < 4.78 is 25.7. The van der Waals surface area contributed by atoms with Crippen LogP contribution < -0.4 is 5.73 Å². The van der Waals surface area contributed by atoms with Crippen molar-refractivity contribution in [2.24, 2.45) is 5.73 Å². The van der Waals surface area contributed by atoms with Crippen LogP contribution in [0.5, 0.6) is 0 Å². The van der Waals surface area contributed by atoms with E-state index >= 15 is 0 Å². The van der Waals surface area contributed by atoms with E-state index in [0.29, 0.717) is 32.7 Å². The average Bonchev–Trinajstić information content (AvgIpc) is 2.43. The first kappa shape index (κ1) is 16.9. The van der Waals surface area contributed by atoms with Crippen molar-refractivity contribution in [3.05, 3.63) is 33.8 Å². The van der Waals surface area contributed by atoms with Crippen LogP contribution in [-0.2, 0) is 10.0 Å². The van der Waals surface area contributed by atoms with Gasteiger partial charge in [-0.15, -0.1) is 0 Å². The number of nitrogens with two attached hydrogens (primary N) is 1. The van der Waals surface area contributed by atoms with Crippen LogP contribution in [-0.4, -0.2) is 56.6 Å². The number of piperazine rings is 1. The highest BCUT2D eigenvalue weighted by Crippen LogP contribution is 2.25. The van der Waals surface area contributed by atoms with Gasteiger partial charge in [0.15, 0.2) is 0 Å². The Hall–Kier alpha value is -0.470. The third kappa shape index (κ3) is 4.04. The zero-order valence-corrected chi connectivity index (χ0v) is 14.8. The summed E-state index contributed by atoms with van der Waals surface area (Å²) in [5.41, 5.74) is 8.33. The fraction of sp³-hybridized carbons (Fsp3) is 0.571. The third-order valence-electron chi connectivity index (χ3n) is 3.97. The molecule has 2 N–H and O–H groups in total. The van der Waals surface area contributed by atoms with E-state index in [1.54, 1.807) is 0 Å². The van der Waals surface area contributed by atoms with Gasteiger partial charge < -0.3 is 5.73 Å². The van der Waals surface area contributed by atoms with Crippen LogP contribution >= 0.6 is 15.9 Å². The van der Waals surface area contributed by atoms with Gasteiger partial charge in [0.2, 0.25) is 10.0 Å². The maximum Gasteiger partial charge on any atom is 0.211 e. The second kappa shape index (κ2) is 6.75. The molecule has 0 aliphatic carbocycles. The first-order chi connectivity index (χ1) is 9.82. The highest BCUT2D eigenvalue weighted by atomic mass is 79.9. The number of hydrogen-bond donors (Lipinski definition) is 1. The second-order valence-corrected chi connectivity index (χ2v) is 8.29. The van der Waals surface area contributed by atoms with E-state index < -0.39 is 10.0 Å². The number of aryl methyl sites for hydroxylation is 1. The molecular formula is C14H22BrN3O2S. The fourth-order valence-electron chi connectivity index (χ4n) is 2.72. The van der Waals surface area contributed by atoms with Gasteiger partial charge in [-0.1, -0.05) is 28.1 Å². The van der Waals surface area contributed by atoms with Crippen molar-refractivity contribution in [2.75, 3.05) is 39.0 Å². The summed E-state index contributed by atoms with van der Waals surface area (Å²) >= 11 is 3.51. The Labute approximate surface area is 135 Å². The van der Waals surface area contributed by atoms with Crippen LogP contribution in [0.1, 0.15) is 17.2 Å². The number of halogens is 1. The summed E-state index contributed by atoms with van der Waals surface area (Å²) in [7, 11) is -3.09. The molecular weight excluding hydrogens is 354 g/mol. The summed E-state index contributed by atoms with van der Waals surface area (Å²) in [4.78, 5) is 2.27. The molecule has 7 heteroatoms. The molecule has 1 aromatic carbocycles. The first-order valence-corrected chi connectivity index (χ1v) is 9.62. The zero-order valence-electron chi connectivity index (χ0n) is 12.4. The predicted molar refractivity (Wildman–Crippen MR) is 88.7 cm³/mol. The molecule has 0 amide bonds. The third-order valence-corrected chi connectivity index (χ3v) is 6.17. The normalized spacial score (nSPS) is 19.6. The topological polar surface area (TPSA) is 66.6 Å². The van der Waals surface area contributed by atoms with Crippen LogP contribution in [0.2, 0.25) is 0 Å². The van der Waals surface area contributed by atoms with Crippen molar-refractivity contribution >= 4 is 26.0 Å². The van der Waals surface area contributed by atoms with E-state index in [1.165, 1.54) is 21.7 Å². The highest BCUT2D eigenvalue weighted by Gasteiger charge is 2.27. The van der Waals surface area contributed by atoms with Crippen molar-refractivity contribution in [3.63, 3.8) is 0 Å². The fourth-order valence-corrected chi connectivity index (χ4v) is 3.79. The van der Waals surface area contributed by atoms with Gasteiger partial charge >= 0.3 is 0 Å². The molecule has 21 heavy (non-hydrogen) atoms. The minimum absolute atomic E-state index is 0.138. The smallest absolute Gasteiger partial charge is 0.211 e. The van der Waals surface area contributed by atoms with Crippen molar-refractivity contribution in [1.29, 1.82) is 0 Å². The molecule has 2 rings (SSSR count). The van der Waals surface area contributed by atoms with E-state index in [9.17, 15) is 8.42 Å². The first-order valence-electron chi connectivity index (χ1n) is 6.98. The molecule has 1 aromatic rings. The van der Waals surface area contributed by atoms with Crippen molar-refractivity contribution in [3.8, 4) is 0 Å². The van der Waals surface area contributed by atoms with Gasteiger partial charge in [0.05, 0.1) is 6.26 Å². The summed E-state index contributed by atoms with van der Waals surface area (Å²) in [5, 5.41) is 0. The quantitative estimate of drug-likeness (QED) is 0.861. The van der Waals surface area contributed by atoms with Crippen LogP contribution in [0.25, 0.3) is 0 Å². The Kier molecular flexibility index (Phi) is 5.43. The molecule has 1 saturated heterocycles. The molecule has 1 heterocycles. The Balaban J connectivity index is 2.11. The number of rotatable bonds is 4. The molecule has 0 saturated carbocycles. The van der Waals surface area contributed by atoms with Crippen molar-refractivity contribution in [1.82, 2.24) is 9.21 Å². The van der Waals surface area contributed by atoms with Gasteiger partial charge in [-0.05, 0) is 24.1 Å². The van der Waals surface area contributed by atoms with Gasteiger partial charge in [0.25, 0.3) is 0 Å². The molecule has 0 bridgehead atoms. The van der Waals surface area contributed by atoms with Crippen molar-refractivity contribution in [2.45, 2.75) is 13.0 Å². The van der Waals surface area contributed by atoms with Gasteiger partial charge in [0, 0.05) is 43.2 Å². The molecule has 1 fully saturated rings. The molecule has 1 aliphatic heterocycles. The average molecular weight is 376 g/mol. The maximum absolute atomic E-state index is 11.6. The zero-order chi connectivity index (χ0) is 15.6. The van der Waals surface area contributed by atoms with Crippen molar-refractivity contribution < 1.29 is 8.42 Å². The predicted octanol–water partition coefficient (Wildman–Crippen LogP) is 1.33. The molecule has 0 aromatic heterocycles. The van der Waals surface area contributed by atoms with Crippen LogP contribution in [0.3, 0.4) is 0 Å². The largest absolute Gasteiger partial charge is 0.329 e. The molecule has 5 nitrogen and oxygen atoms in total. The lowest BCUT2D eigenvalue weighted by Gasteiger charge is -2.38. The second-order valence-electron chi connectivity index (χ2n) is 5.46. The lowest BCUT2D eigenvalue weighted by molar-refractivity contribution is 0.140. The number of sulfonamides is 1. The summed E-state index contributed by atoms with van der Waals surface area (Å²) in [6.45, 7) is 5.08. The summed E-state index contributed by atoms with van der Waals surface area (Å²) in [6, 6.07) is 6.40. The molecule has 0 radical (unpaired) electrons. The monoisotopic (exact) mass is 375 g/mol. The molecule has 1 aliphatic rings. The lowest BCUT2D eigenvalue weighted by atomic mass is 10.0. The van der Waals surface area contributed by atoms with Gasteiger partial charge in [0.1, 0.15) is 0 Å². The van der Waals surface area contributed by atoms with Crippen LogP contribution in [0.4, 0.5) is 0 Å². The Bertz CT molecular complexity index is 598. The lowest BCUT2D eigenvalue weighted by Crippen LogP contribution is -2.50. The molecule has 1 atom stereocenters. The minimum Gasteiger partial charge on any atom is -0.329 e. The Morgan fingerprint density at radius 3 is 2.38 bits per heavy atom. The SMILES string of the molecule is Cc1cc(C(CN)N2CCN(S(C)(=O)=O)CC2)ccc1Br. The standard InChI is InChI=1S/C14H22BrN3O2S/c1-11-9-12(3-4-13(11)15)14(10-16)17-5-7-18(8-6-17)21(2,19)20/h3-4,9,14H,5-8,10,16H2,1-2H3. The van der Waals surface area contributed by atoms with E-state index in [0.717, 1.165) is 4.47 Å². The van der Waals surface area contributed by atoms with Crippen LogP contribution in [0.15, 0.2) is 22.7 Å². The molecule has 118 valence electrons. The maximum atomic E-state index is 11.6. The van der Waals surface area contributed by atoms with Crippen LogP contribution in [0, 0.1) is 6.92 Å². The molecule has 0 spiro atoms. The van der Waals surface area contributed by atoms with E-state index in [1.807, 2.05) is 6.07 Å². The van der Waals surface area contributed by atoms with E-state index in [2.05, 4.69) is 39.9 Å².